The Morgan fingerprint density at radius 1 is 1.14 bits per heavy atom. The highest BCUT2D eigenvalue weighted by Crippen LogP contribution is 2.52. The summed E-state index contributed by atoms with van der Waals surface area (Å²) in [6, 6.07) is 9.49. The van der Waals surface area contributed by atoms with Gasteiger partial charge in [-0.15, -0.1) is 6.58 Å². The molecule has 0 unspecified atom stereocenters. The zero-order chi connectivity index (χ0) is 31.9. The molecule has 0 spiro atoms. The Kier molecular flexibility index (Phi) is 8.88. The topological polar surface area (TPSA) is 108 Å². The first kappa shape index (κ1) is 31.9. The molecule has 1 aliphatic rings. The number of nitrogens with zero attached hydrogens (tertiary/aromatic N) is 1. The first-order valence-corrected chi connectivity index (χ1v) is 13.4. The Hall–Kier alpha value is -3.98. The van der Waals surface area contributed by atoms with Crippen LogP contribution in [-0.2, 0) is 16.4 Å². The minimum atomic E-state index is -4.99. The number of hydrogen-bond acceptors (Lipinski definition) is 4. The highest BCUT2D eigenvalue weighted by molar-refractivity contribution is 6.31. The van der Waals surface area contributed by atoms with Gasteiger partial charge in [0, 0.05) is 28.2 Å². The molecule has 0 aromatic heterocycles. The van der Waals surface area contributed by atoms with Crippen LogP contribution in [0.2, 0.25) is 10.0 Å². The second-order valence-electron chi connectivity index (χ2n) is 10.2. The summed E-state index contributed by atoms with van der Waals surface area (Å²) >= 11 is 12.1. The van der Waals surface area contributed by atoms with E-state index in [9.17, 15) is 28.0 Å². The van der Waals surface area contributed by atoms with Gasteiger partial charge in [0.1, 0.15) is 17.0 Å². The SMILES string of the molecule is C=C(C)C[C@@H]1N[C@@H](C(=O)Nc2ccc(C(N)=O)c(C(F)(F)F)c2)[C@H](c2cccc(Cl)c2F)[C@@]1(C#N)c1ccc(Cl)cc1F. The van der Waals surface area contributed by atoms with E-state index in [0.29, 0.717) is 11.6 Å². The van der Waals surface area contributed by atoms with Crippen LogP contribution in [-0.4, -0.2) is 23.9 Å². The Bertz CT molecular complexity index is 1670. The number of primary amides is 1. The molecule has 1 aliphatic heterocycles. The molecule has 0 aliphatic carbocycles. The van der Waals surface area contributed by atoms with Crippen molar-refractivity contribution in [2.24, 2.45) is 5.73 Å². The molecule has 4 atom stereocenters. The maximum absolute atomic E-state index is 15.7. The van der Waals surface area contributed by atoms with Crippen molar-refractivity contribution in [1.82, 2.24) is 5.32 Å². The molecule has 224 valence electrons. The number of carbonyl (C=O) groups is 2. The fraction of sp³-hybridized carbons (Fsp3) is 0.233. The fourth-order valence-corrected chi connectivity index (χ4v) is 5.92. The highest BCUT2D eigenvalue weighted by Gasteiger charge is 2.60. The molecule has 4 rings (SSSR count). The first-order chi connectivity index (χ1) is 20.1. The lowest BCUT2D eigenvalue weighted by atomic mass is 9.64. The van der Waals surface area contributed by atoms with Gasteiger partial charge in [0.15, 0.2) is 0 Å². The van der Waals surface area contributed by atoms with E-state index in [2.05, 4.69) is 23.3 Å². The smallest absolute Gasteiger partial charge is 0.366 e. The first-order valence-electron chi connectivity index (χ1n) is 12.6. The summed E-state index contributed by atoms with van der Waals surface area (Å²) in [5.74, 6) is -5.62. The molecule has 2 amide bonds. The van der Waals surface area contributed by atoms with Crippen LogP contribution >= 0.6 is 23.2 Å². The molecule has 1 saturated heterocycles. The molecular formula is C30H23Cl2F5N4O2. The van der Waals surface area contributed by atoms with E-state index in [1.54, 1.807) is 6.92 Å². The van der Waals surface area contributed by atoms with Crippen molar-refractivity contribution in [3.8, 4) is 6.07 Å². The summed E-state index contributed by atoms with van der Waals surface area (Å²) in [5.41, 5.74) is 0.701. The third-order valence-electron chi connectivity index (χ3n) is 7.33. The molecular weight excluding hydrogens is 614 g/mol. The third kappa shape index (κ3) is 5.95. The Morgan fingerprint density at radius 2 is 1.84 bits per heavy atom. The summed E-state index contributed by atoms with van der Waals surface area (Å²) in [7, 11) is 0. The number of halogens is 7. The number of nitriles is 1. The standard InChI is InChI=1S/C30H23Cl2F5N4O2/c1-14(2)10-23-29(13-38,19-9-6-15(31)11-22(19)33)24(18-4-3-5-21(32)25(18)34)26(41-23)28(43)40-16-7-8-17(27(39)42)20(12-16)30(35,36)37/h3-9,11-12,23-24,26,41H,1,10H2,2H3,(H2,39,42)(H,40,43)/t23-,24-,26+,29-/m0/s1. The van der Waals surface area contributed by atoms with Crippen molar-refractivity contribution in [3.63, 3.8) is 0 Å². The second kappa shape index (κ2) is 12.0. The lowest BCUT2D eigenvalue weighted by Gasteiger charge is -2.35. The van der Waals surface area contributed by atoms with Crippen molar-refractivity contribution in [2.75, 3.05) is 5.32 Å². The minimum absolute atomic E-state index is 0.0244. The van der Waals surface area contributed by atoms with Crippen molar-refractivity contribution < 1.29 is 31.5 Å². The number of nitrogens with one attached hydrogen (secondary N) is 2. The van der Waals surface area contributed by atoms with Crippen LogP contribution in [0.3, 0.4) is 0 Å². The molecule has 0 saturated carbocycles. The number of hydrogen-bond donors (Lipinski definition) is 3. The van der Waals surface area contributed by atoms with E-state index < -0.39 is 64.2 Å². The average Bonchev–Trinajstić information content (AvgIpc) is 3.23. The third-order valence-corrected chi connectivity index (χ3v) is 7.85. The van der Waals surface area contributed by atoms with Crippen LogP contribution in [0.4, 0.5) is 27.6 Å². The monoisotopic (exact) mass is 636 g/mol. The zero-order valence-corrected chi connectivity index (χ0v) is 23.8. The predicted molar refractivity (Wildman–Crippen MR) is 152 cm³/mol. The van der Waals surface area contributed by atoms with Gasteiger partial charge in [0.25, 0.3) is 0 Å². The lowest BCUT2D eigenvalue weighted by molar-refractivity contribution is -0.138. The van der Waals surface area contributed by atoms with Crippen molar-refractivity contribution in [1.29, 1.82) is 5.26 Å². The van der Waals surface area contributed by atoms with E-state index in [4.69, 9.17) is 28.9 Å². The number of amides is 2. The minimum Gasteiger partial charge on any atom is -0.366 e. The second-order valence-corrected chi connectivity index (χ2v) is 11.0. The molecule has 13 heteroatoms. The Morgan fingerprint density at radius 3 is 2.42 bits per heavy atom. The molecule has 1 heterocycles. The molecule has 3 aromatic rings. The van der Waals surface area contributed by atoms with Crippen molar-refractivity contribution >= 4 is 40.7 Å². The number of anilines is 1. The van der Waals surface area contributed by atoms with Crippen LogP contribution in [0, 0.1) is 23.0 Å². The quantitative estimate of drug-likeness (QED) is 0.194. The Labute approximate surface area is 253 Å². The van der Waals surface area contributed by atoms with Crippen LogP contribution in [0.25, 0.3) is 0 Å². The van der Waals surface area contributed by atoms with Gasteiger partial charge in [-0.3, -0.25) is 9.59 Å². The molecule has 0 radical (unpaired) electrons. The maximum Gasteiger partial charge on any atom is 0.417 e. The Balaban J connectivity index is 1.92. The normalized spacial score (nSPS) is 21.7. The van der Waals surface area contributed by atoms with Crippen LogP contribution < -0.4 is 16.4 Å². The predicted octanol–water partition coefficient (Wildman–Crippen LogP) is 6.88. The van der Waals surface area contributed by atoms with Crippen molar-refractivity contribution in [3.05, 3.63) is 111 Å². The van der Waals surface area contributed by atoms with Gasteiger partial charge in [0.2, 0.25) is 11.8 Å². The van der Waals surface area contributed by atoms with E-state index in [-0.39, 0.29) is 33.3 Å². The van der Waals surface area contributed by atoms with Gasteiger partial charge in [-0.1, -0.05) is 47.0 Å². The van der Waals surface area contributed by atoms with Gasteiger partial charge in [0.05, 0.1) is 28.3 Å². The number of rotatable bonds is 7. The van der Waals surface area contributed by atoms with E-state index >= 15 is 8.78 Å². The maximum atomic E-state index is 15.7. The largest absolute Gasteiger partial charge is 0.417 e. The van der Waals surface area contributed by atoms with Gasteiger partial charge in [-0.2, -0.15) is 18.4 Å². The number of carbonyl (C=O) groups excluding carboxylic acids is 2. The van der Waals surface area contributed by atoms with Gasteiger partial charge in [-0.25, -0.2) is 8.78 Å². The van der Waals surface area contributed by atoms with Gasteiger partial charge < -0.3 is 16.4 Å². The van der Waals surface area contributed by atoms with Crippen LogP contribution in [0.15, 0.2) is 66.7 Å². The lowest BCUT2D eigenvalue weighted by Crippen LogP contribution is -2.43. The molecule has 4 N–H and O–H groups in total. The van der Waals surface area contributed by atoms with Gasteiger partial charge >= 0.3 is 6.18 Å². The summed E-state index contributed by atoms with van der Waals surface area (Å²) in [6.45, 7) is 5.51. The fourth-order valence-electron chi connectivity index (χ4n) is 5.58. The van der Waals surface area contributed by atoms with Crippen molar-refractivity contribution in [2.45, 2.75) is 42.9 Å². The molecule has 1 fully saturated rings. The summed E-state index contributed by atoms with van der Waals surface area (Å²) < 4.78 is 72.3. The van der Waals surface area contributed by atoms with Crippen LogP contribution in [0.1, 0.15) is 46.3 Å². The number of benzene rings is 3. The van der Waals surface area contributed by atoms with E-state index in [0.717, 1.165) is 18.2 Å². The number of nitrogens with two attached hydrogens (primary N) is 1. The van der Waals surface area contributed by atoms with E-state index in [1.165, 1.54) is 30.3 Å². The number of alkyl halides is 3. The highest BCUT2D eigenvalue weighted by atomic mass is 35.5. The summed E-state index contributed by atoms with van der Waals surface area (Å²) in [6.07, 6.45) is -4.96. The van der Waals surface area contributed by atoms with Gasteiger partial charge in [-0.05, 0) is 55.3 Å². The van der Waals surface area contributed by atoms with Crippen LogP contribution in [0.5, 0.6) is 0 Å². The molecule has 43 heavy (non-hydrogen) atoms. The molecule has 3 aromatic carbocycles. The average molecular weight is 637 g/mol. The molecule has 6 nitrogen and oxygen atoms in total. The zero-order valence-electron chi connectivity index (χ0n) is 22.3. The summed E-state index contributed by atoms with van der Waals surface area (Å²) in [4.78, 5) is 25.4. The summed E-state index contributed by atoms with van der Waals surface area (Å²) in [5, 5.41) is 15.8. The molecule has 0 bridgehead atoms. The van der Waals surface area contributed by atoms with E-state index in [1.807, 2.05) is 0 Å².